The van der Waals surface area contributed by atoms with Crippen molar-refractivity contribution in [3.05, 3.63) is 53.8 Å². The van der Waals surface area contributed by atoms with E-state index in [1.165, 1.54) is 12.1 Å². The normalized spacial score (nSPS) is 11.8. The van der Waals surface area contributed by atoms with Crippen LogP contribution in [0.15, 0.2) is 42.5 Å². The minimum atomic E-state index is -0.354. The maximum Gasteiger partial charge on any atom is 0.319 e. The molecule has 6 heteroatoms. The van der Waals surface area contributed by atoms with Gasteiger partial charge >= 0.3 is 6.03 Å². The Morgan fingerprint density at radius 1 is 1.07 bits per heavy atom. The lowest BCUT2D eigenvalue weighted by Crippen LogP contribution is -2.31. The Bertz CT molecular complexity index is 763. The second-order valence-electron chi connectivity index (χ2n) is 7.12. The van der Waals surface area contributed by atoms with Crippen LogP contribution in [0.3, 0.4) is 0 Å². The number of benzene rings is 2. The van der Waals surface area contributed by atoms with Gasteiger partial charge in [0.1, 0.15) is 5.82 Å². The van der Waals surface area contributed by atoms with Crippen molar-refractivity contribution in [3.8, 4) is 11.5 Å². The fourth-order valence-electron chi connectivity index (χ4n) is 2.74. The molecule has 1 atom stereocenters. The molecule has 2 rings (SSSR count). The highest BCUT2D eigenvalue weighted by atomic mass is 19.1. The van der Waals surface area contributed by atoms with Crippen LogP contribution in [-0.4, -0.2) is 19.7 Å². The van der Waals surface area contributed by atoms with Crippen molar-refractivity contribution in [3.63, 3.8) is 0 Å². The quantitative estimate of drug-likeness (QED) is 0.555. The minimum Gasteiger partial charge on any atom is -0.493 e. The first kappa shape index (κ1) is 21.5. The predicted molar refractivity (Wildman–Crippen MR) is 110 cm³/mol. The van der Waals surface area contributed by atoms with Crippen LogP contribution in [0, 0.1) is 11.7 Å². The van der Waals surface area contributed by atoms with E-state index in [0.29, 0.717) is 29.7 Å². The summed E-state index contributed by atoms with van der Waals surface area (Å²) >= 11 is 0. The number of hydrogen-bond donors (Lipinski definition) is 2. The molecule has 0 spiro atoms. The number of hydrogen-bond acceptors (Lipinski definition) is 3. The minimum absolute atomic E-state index is 0.259. The van der Waals surface area contributed by atoms with Gasteiger partial charge in [-0.3, -0.25) is 0 Å². The molecule has 2 aromatic carbocycles. The molecule has 0 fully saturated rings. The van der Waals surface area contributed by atoms with Crippen molar-refractivity contribution in [2.45, 2.75) is 39.7 Å². The molecular formula is C22H29FN2O3. The maximum absolute atomic E-state index is 13.0. The number of amides is 2. The second-order valence-corrected chi connectivity index (χ2v) is 7.12. The zero-order chi connectivity index (χ0) is 20.5. The third-order valence-electron chi connectivity index (χ3n) is 4.32. The van der Waals surface area contributed by atoms with Gasteiger partial charge in [0.05, 0.1) is 19.8 Å². The summed E-state index contributed by atoms with van der Waals surface area (Å²) in [6, 6.07) is 10.7. The monoisotopic (exact) mass is 388 g/mol. The van der Waals surface area contributed by atoms with Crippen molar-refractivity contribution in [2.24, 2.45) is 5.92 Å². The molecule has 0 aromatic heterocycles. The number of nitrogens with one attached hydrogen (secondary N) is 2. The van der Waals surface area contributed by atoms with Crippen molar-refractivity contribution in [2.75, 3.05) is 19.0 Å². The third kappa shape index (κ3) is 6.76. The molecule has 0 radical (unpaired) electrons. The summed E-state index contributed by atoms with van der Waals surface area (Å²) in [5.41, 5.74) is 1.42. The number of carbonyl (C=O) groups excluding carboxylic acids is 1. The molecule has 5 nitrogen and oxygen atoms in total. The van der Waals surface area contributed by atoms with Crippen LogP contribution in [0.1, 0.15) is 45.2 Å². The van der Waals surface area contributed by atoms with Crippen LogP contribution in [-0.2, 0) is 0 Å². The third-order valence-corrected chi connectivity index (χ3v) is 4.32. The fraction of sp³-hybridized carbons (Fsp3) is 0.409. The van der Waals surface area contributed by atoms with Gasteiger partial charge in [-0.15, -0.1) is 0 Å². The highest BCUT2D eigenvalue weighted by Gasteiger charge is 2.12. The number of methoxy groups -OCH3 is 1. The van der Waals surface area contributed by atoms with Crippen molar-refractivity contribution < 1.29 is 18.7 Å². The highest BCUT2D eigenvalue weighted by molar-refractivity contribution is 5.89. The van der Waals surface area contributed by atoms with Crippen LogP contribution in [0.5, 0.6) is 11.5 Å². The largest absolute Gasteiger partial charge is 0.493 e. The Morgan fingerprint density at radius 3 is 2.43 bits per heavy atom. The average Bonchev–Trinajstić information content (AvgIpc) is 2.65. The molecule has 0 saturated heterocycles. The van der Waals surface area contributed by atoms with E-state index < -0.39 is 0 Å². The van der Waals surface area contributed by atoms with Crippen LogP contribution < -0.4 is 20.1 Å². The Hall–Kier alpha value is -2.76. The van der Waals surface area contributed by atoms with E-state index in [9.17, 15) is 9.18 Å². The van der Waals surface area contributed by atoms with Crippen LogP contribution >= 0.6 is 0 Å². The zero-order valence-electron chi connectivity index (χ0n) is 16.9. The van der Waals surface area contributed by atoms with Crippen LogP contribution in [0.4, 0.5) is 14.9 Å². The summed E-state index contributed by atoms with van der Waals surface area (Å²) in [6.07, 6.45) is 2.04. The summed E-state index contributed by atoms with van der Waals surface area (Å²) < 4.78 is 24.2. The fourth-order valence-corrected chi connectivity index (χ4v) is 2.74. The van der Waals surface area contributed by atoms with Crippen molar-refractivity contribution >= 4 is 11.7 Å². The number of ether oxygens (including phenoxy) is 2. The summed E-state index contributed by atoms with van der Waals surface area (Å²) in [5.74, 6) is 1.54. The summed E-state index contributed by atoms with van der Waals surface area (Å²) in [5, 5.41) is 5.63. The highest BCUT2D eigenvalue weighted by Crippen LogP contribution is 2.30. The van der Waals surface area contributed by atoms with Gasteiger partial charge < -0.3 is 20.1 Å². The van der Waals surface area contributed by atoms with Crippen LogP contribution in [0.2, 0.25) is 0 Å². The van der Waals surface area contributed by atoms with Crippen molar-refractivity contribution in [1.82, 2.24) is 5.32 Å². The molecule has 0 bridgehead atoms. The zero-order valence-corrected chi connectivity index (χ0v) is 16.9. The number of halogens is 1. The van der Waals surface area contributed by atoms with Crippen molar-refractivity contribution in [1.29, 1.82) is 0 Å². The first-order valence-electron chi connectivity index (χ1n) is 9.53. The molecule has 0 aliphatic rings. The van der Waals surface area contributed by atoms with Gasteiger partial charge in [0, 0.05) is 11.8 Å². The molecule has 152 valence electrons. The molecule has 28 heavy (non-hydrogen) atoms. The molecule has 0 saturated carbocycles. The lowest BCUT2D eigenvalue weighted by Gasteiger charge is -2.16. The first-order valence-corrected chi connectivity index (χ1v) is 9.53. The Morgan fingerprint density at radius 2 is 1.79 bits per heavy atom. The van der Waals surface area contributed by atoms with Gasteiger partial charge in [0.2, 0.25) is 0 Å². The number of anilines is 1. The summed E-state index contributed by atoms with van der Waals surface area (Å²) in [7, 11) is 1.58. The van der Waals surface area contributed by atoms with E-state index in [2.05, 4.69) is 24.5 Å². The van der Waals surface area contributed by atoms with Gasteiger partial charge in [0.15, 0.2) is 11.5 Å². The summed E-state index contributed by atoms with van der Waals surface area (Å²) in [4.78, 5) is 12.3. The number of urea groups is 1. The van der Waals surface area contributed by atoms with E-state index in [1.54, 1.807) is 37.4 Å². The Kier molecular flexibility index (Phi) is 8.11. The van der Waals surface area contributed by atoms with E-state index in [0.717, 1.165) is 18.4 Å². The Labute approximate surface area is 166 Å². The van der Waals surface area contributed by atoms with Gasteiger partial charge in [-0.1, -0.05) is 26.0 Å². The van der Waals surface area contributed by atoms with Gasteiger partial charge in [-0.2, -0.15) is 0 Å². The van der Waals surface area contributed by atoms with E-state index >= 15 is 0 Å². The molecule has 0 aliphatic heterocycles. The lowest BCUT2D eigenvalue weighted by molar-refractivity contribution is 0.249. The number of rotatable bonds is 9. The molecule has 0 heterocycles. The van der Waals surface area contributed by atoms with Gasteiger partial charge in [-0.25, -0.2) is 9.18 Å². The van der Waals surface area contributed by atoms with E-state index in [1.807, 2.05) is 6.92 Å². The van der Waals surface area contributed by atoms with E-state index in [-0.39, 0.29) is 17.9 Å². The maximum atomic E-state index is 13.0. The smallest absolute Gasteiger partial charge is 0.319 e. The lowest BCUT2D eigenvalue weighted by atomic mass is 10.1. The Balaban J connectivity index is 1.95. The molecule has 2 amide bonds. The standard InChI is InChI=1S/C22H29FN2O3/c1-15(2)6-5-13-28-21-14-19(11-12-20(21)27-4)25-22(26)24-16(3)17-7-9-18(23)10-8-17/h7-12,14-16H,5-6,13H2,1-4H3,(H2,24,25,26)/t16-/m0/s1. The first-order chi connectivity index (χ1) is 13.4. The molecule has 0 aliphatic carbocycles. The SMILES string of the molecule is COc1ccc(NC(=O)N[C@@H](C)c2ccc(F)cc2)cc1OCCCC(C)C. The average molecular weight is 388 g/mol. The molecule has 2 aromatic rings. The predicted octanol–water partition coefficient (Wildman–Crippen LogP) is 5.53. The van der Waals surface area contributed by atoms with Gasteiger partial charge in [0.25, 0.3) is 0 Å². The van der Waals surface area contributed by atoms with Gasteiger partial charge in [-0.05, 0) is 55.5 Å². The molecule has 0 unspecified atom stereocenters. The number of carbonyl (C=O) groups is 1. The van der Waals surface area contributed by atoms with E-state index in [4.69, 9.17) is 9.47 Å². The molecular weight excluding hydrogens is 359 g/mol. The second kappa shape index (κ2) is 10.5. The topological polar surface area (TPSA) is 59.6 Å². The molecule has 2 N–H and O–H groups in total. The van der Waals surface area contributed by atoms with Crippen LogP contribution in [0.25, 0.3) is 0 Å². The summed E-state index contributed by atoms with van der Waals surface area (Å²) in [6.45, 7) is 6.78.